The van der Waals surface area contributed by atoms with Crippen LogP contribution in [-0.4, -0.2) is 32.4 Å². The van der Waals surface area contributed by atoms with Crippen molar-refractivity contribution in [1.82, 2.24) is 14.6 Å². The van der Waals surface area contributed by atoms with Gasteiger partial charge in [0.1, 0.15) is 16.8 Å². The lowest BCUT2D eigenvalue weighted by molar-refractivity contribution is -0.143. The molecule has 0 N–H and O–H groups in total. The van der Waals surface area contributed by atoms with Gasteiger partial charge < -0.3 is 4.74 Å². The van der Waals surface area contributed by atoms with Crippen LogP contribution in [0.1, 0.15) is 19.5 Å². The number of thioether (sulfide) groups is 1. The molecule has 0 fully saturated rings. The summed E-state index contributed by atoms with van der Waals surface area (Å²) in [4.78, 5) is 15.9. The molecule has 5 nitrogen and oxygen atoms in total. The lowest BCUT2D eigenvalue weighted by Crippen LogP contribution is -2.29. The SMILES string of the molecule is COC(=O)C(C)(C)Sc1ccc(C(F)(F)F)n2ncnc12. The number of pyridine rings is 1. The first-order chi connectivity index (χ1) is 9.66. The minimum atomic E-state index is -4.53. The Hall–Kier alpha value is -1.77. The maximum absolute atomic E-state index is 12.9. The third-order valence-corrected chi connectivity index (χ3v) is 3.94. The fourth-order valence-corrected chi connectivity index (χ4v) is 2.83. The molecular formula is C12H12F3N3O2S. The van der Waals surface area contributed by atoms with Crippen molar-refractivity contribution in [3.05, 3.63) is 24.2 Å². The second kappa shape index (κ2) is 5.21. The number of fused-ring (bicyclic) bond motifs is 1. The number of esters is 1. The minimum Gasteiger partial charge on any atom is -0.468 e. The smallest absolute Gasteiger partial charge is 0.433 e. The maximum Gasteiger partial charge on any atom is 0.433 e. The predicted octanol–water partition coefficient (Wildman–Crippen LogP) is 2.79. The van der Waals surface area contributed by atoms with Crippen molar-refractivity contribution in [3.8, 4) is 0 Å². The number of aromatic nitrogens is 3. The Morgan fingerprint density at radius 1 is 1.33 bits per heavy atom. The summed E-state index contributed by atoms with van der Waals surface area (Å²) < 4.78 is 43.1. The van der Waals surface area contributed by atoms with Gasteiger partial charge in [-0.2, -0.15) is 18.3 Å². The fourth-order valence-electron chi connectivity index (χ4n) is 1.74. The van der Waals surface area contributed by atoms with Gasteiger partial charge in [0.15, 0.2) is 5.65 Å². The quantitative estimate of drug-likeness (QED) is 0.643. The minimum absolute atomic E-state index is 0.0480. The van der Waals surface area contributed by atoms with Gasteiger partial charge in [-0.25, -0.2) is 9.50 Å². The second-order valence-electron chi connectivity index (χ2n) is 4.68. The molecule has 2 heterocycles. The summed E-state index contributed by atoms with van der Waals surface area (Å²) in [6.07, 6.45) is -3.49. The van der Waals surface area contributed by atoms with E-state index in [4.69, 9.17) is 0 Å². The summed E-state index contributed by atoms with van der Waals surface area (Å²) in [6.45, 7) is 3.24. The van der Waals surface area contributed by atoms with Crippen LogP contribution < -0.4 is 0 Å². The van der Waals surface area contributed by atoms with Crippen LogP contribution in [0.5, 0.6) is 0 Å². The third-order valence-electron chi connectivity index (χ3n) is 2.72. The van der Waals surface area contributed by atoms with Gasteiger partial charge in [-0.05, 0) is 26.0 Å². The van der Waals surface area contributed by atoms with Gasteiger partial charge in [0.05, 0.1) is 12.0 Å². The van der Waals surface area contributed by atoms with E-state index < -0.39 is 22.6 Å². The predicted molar refractivity (Wildman–Crippen MR) is 69.9 cm³/mol. The standard InChI is InChI=1S/C12H12F3N3O2S/c1-11(2,10(19)20-3)21-7-4-5-8(12(13,14)15)18-9(7)16-6-17-18/h4-6H,1-3H3. The van der Waals surface area contributed by atoms with Gasteiger partial charge in [-0.1, -0.05) is 0 Å². The largest absolute Gasteiger partial charge is 0.468 e. The van der Waals surface area contributed by atoms with Crippen molar-refractivity contribution in [3.63, 3.8) is 0 Å². The van der Waals surface area contributed by atoms with Crippen LogP contribution in [0, 0.1) is 0 Å². The first-order valence-corrected chi connectivity index (χ1v) is 6.66. The topological polar surface area (TPSA) is 56.5 Å². The van der Waals surface area contributed by atoms with Crippen molar-refractivity contribution in [2.45, 2.75) is 29.7 Å². The Labute approximate surface area is 122 Å². The fraction of sp³-hybridized carbons (Fsp3) is 0.417. The summed E-state index contributed by atoms with van der Waals surface area (Å²) in [5, 5.41) is 3.60. The molecular weight excluding hydrogens is 307 g/mol. The highest BCUT2D eigenvalue weighted by Crippen LogP contribution is 2.37. The molecule has 114 valence electrons. The van der Waals surface area contributed by atoms with Crippen molar-refractivity contribution in [2.75, 3.05) is 7.11 Å². The molecule has 0 aliphatic carbocycles. The zero-order chi connectivity index (χ0) is 15.8. The Kier molecular flexibility index (Phi) is 3.87. The summed E-state index contributed by atoms with van der Waals surface area (Å²) in [5.41, 5.74) is -0.873. The molecule has 0 bridgehead atoms. The van der Waals surface area contributed by atoms with Crippen LogP contribution in [0.25, 0.3) is 5.65 Å². The van der Waals surface area contributed by atoms with Gasteiger partial charge in [0.25, 0.3) is 0 Å². The van der Waals surface area contributed by atoms with Crippen molar-refractivity contribution < 1.29 is 22.7 Å². The average Bonchev–Trinajstić information content (AvgIpc) is 2.85. The molecule has 9 heteroatoms. The number of ether oxygens (including phenoxy) is 1. The van der Waals surface area contributed by atoms with Crippen LogP contribution in [0.3, 0.4) is 0 Å². The molecule has 2 aromatic heterocycles. The molecule has 0 aliphatic heterocycles. The molecule has 21 heavy (non-hydrogen) atoms. The number of hydrogen-bond donors (Lipinski definition) is 0. The van der Waals surface area contributed by atoms with Gasteiger partial charge in [-0.15, -0.1) is 11.8 Å². The van der Waals surface area contributed by atoms with E-state index in [-0.39, 0.29) is 5.65 Å². The molecule has 0 aliphatic rings. The van der Waals surface area contributed by atoms with Crippen molar-refractivity contribution in [1.29, 1.82) is 0 Å². The number of alkyl halides is 3. The molecule has 0 saturated carbocycles. The summed E-state index contributed by atoms with van der Waals surface area (Å²) in [6, 6.07) is 2.19. The van der Waals surface area contributed by atoms with Gasteiger partial charge in [-0.3, -0.25) is 4.79 Å². The Balaban J connectivity index is 2.49. The summed E-state index contributed by atoms with van der Waals surface area (Å²) in [7, 11) is 1.25. The number of carbonyl (C=O) groups excluding carboxylic acids is 1. The molecule has 0 unspecified atom stereocenters. The molecule has 0 spiro atoms. The summed E-state index contributed by atoms with van der Waals surface area (Å²) in [5.74, 6) is -0.481. The molecule has 0 atom stereocenters. The molecule has 0 aromatic carbocycles. The third kappa shape index (κ3) is 2.97. The van der Waals surface area contributed by atoms with E-state index in [0.717, 1.165) is 28.7 Å². The number of methoxy groups -OCH3 is 1. The van der Waals surface area contributed by atoms with Crippen LogP contribution in [-0.2, 0) is 15.7 Å². The molecule has 0 radical (unpaired) electrons. The number of halogens is 3. The summed E-state index contributed by atoms with van der Waals surface area (Å²) >= 11 is 1.07. The Morgan fingerprint density at radius 2 is 2.00 bits per heavy atom. The van der Waals surface area contributed by atoms with E-state index in [2.05, 4.69) is 14.8 Å². The van der Waals surface area contributed by atoms with E-state index in [9.17, 15) is 18.0 Å². The zero-order valence-electron chi connectivity index (χ0n) is 11.4. The molecule has 2 rings (SSSR count). The normalized spacial score (nSPS) is 12.7. The van der Waals surface area contributed by atoms with E-state index in [0.29, 0.717) is 4.90 Å². The monoisotopic (exact) mass is 319 g/mol. The number of carbonyl (C=O) groups is 1. The van der Waals surface area contributed by atoms with Gasteiger partial charge in [0, 0.05) is 0 Å². The van der Waals surface area contributed by atoms with Gasteiger partial charge in [0.2, 0.25) is 0 Å². The lowest BCUT2D eigenvalue weighted by Gasteiger charge is -2.21. The Bertz CT molecular complexity index is 682. The first-order valence-electron chi connectivity index (χ1n) is 5.84. The van der Waals surface area contributed by atoms with E-state index in [1.165, 1.54) is 13.2 Å². The highest BCUT2D eigenvalue weighted by molar-refractivity contribution is 8.01. The van der Waals surface area contributed by atoms with E-state index in [1.807, 2.05) is 0 Å². The van der Waals surface area contributed by atoms with Crippen molar-refractivity contribution in [2.24, 2.45) is 0 Å². The van der Waals surface area contributed by atoms with Crippen LogP contribution in [0.15, 0.2) is 23.4 Å². The highest BCUT2D eigenvalue weighted by atomic mass is 32.2. The average molecular weight is 319 g/mol. The molecule has 2 aromatic rings. The first kappa shape index (κ1) is 15.6. The number of rotatable bonds is 3. The lowest BCUT2D eigenvalue weighted by atomic mass is 10.2. The molecule has 0 saturated heterocycles. The van der Waals surface area contributed by atoms with E-state index >= 15 is 0 Å². The molecule has 0 amide bonds. The van der Waals surface area contributed by atoms with Crippen LogP contribution in [0.2, 0.25) is 0 Å². The number of hydrogen-bond acceptors (Lipinski definition) is 5. The maximum atomic E-state index is 12.9. The number of nitrogens with zero attached hydrogens (tertiary/aromatic N) is 3. The van der Waals surface area contributed by atoms with Crippen molar-refractivity contribution >= 4 is 23.4 Å². The van der Waals surface area contributed by atoms with Gasteiger partial charge >= 0.3 is 12.1 Å². The van der Waals surface area contributed by atoms with E-state index in [1.54, 1.807) is 13.8 Å². The second-order valence-corrected chi connectivity index (χ2v) is 6.34. The van der Waals surface area contributed by atoms with Crippen LogP contribution >= 0.6 is 11.8 Å². The Morgan fingerprint density at radius 3 is 2.57 bits per heavy atom. The highest BCUT2D eigenvalue weighted by Gasteiger charge is 2.36. The zero-order valence-corrected chi connectivity index (χ0v) is 12.2. The van der Waals surface area contributed by atoms with Crippen LogP contribution in [0.4, 0.5) is 13.2 Å².